The molecule has 6 heteroatoms. The van der Waals surface area contributed by atoms with Crippen molar-refractivity contribution in [3.8, 4) is 0 Å². The van der Waals surface area contributed by atoms with Gasteiger partial charge in [0.15, 0.2) is 0 Å². The van der Waals surface area contributed by atoms with E-state index in [9.17, 15) is 9.59 Å². The standard InChI is InChI=1S/C19H24N4O2/c1-3-4-9-18(24)21-23-11-10-22(19(23)25)13-15-12-14(2)20-17-8-6-5-7-16(15)17/h5-8,12H,3-4,9-11,13H2,1-2H3,(H,21,24). The first-order valence-electron chi connectivity index (χ1n) is 8.79. The first-order valence-corrected chi connectivity index (χ1v) is 8.79. The maximum Gasteiger partial charge on any atom is 0.339 e. The Balaban J connectivity index is 1.70. The summed E-state index contributed by atoms with van der Waals surface area (Å²) in [6.45, 7) is 5.63. The summed E-state index contributed by atoms with van der Waals surface area (Å²) >= 11 is 0. The number of nitrogens with one attached hydrogen (secondary N) is 1. The minimum Gasteiger partial charge on any atom is -0.317 e. The van der Waals surface area contributed by atoms with E-state index in [2.05, 4.69) is 10.4 Å². The maximum atomic E-state index is 12.6. The molecule has 25 heavy (non-hydrogen) atoms. The average molecular weight is 340 g/mol. The van der Waals surface area contributed by atoms with Gasteiger partial charge in [-0.1, -0.05) is 31.5 Å². The summed E-state index contributed by atoms with van der Waals surface area (Å²) in [5.41, 5.74) is 5.67. The highest BCUT2D eigenvalue weighted by Crippen LogP contribution is 2.21. The molecule has 3 amide bonds. The topological polar surface area (TPSA) is 65.5 Å². The molecule has 1 fully saturated rings. The highest BCUT2D eigenvalue weighted by molar-refractivity contribution is 5.84. The molecular weight excluding hydrogens is 316 g/mol. The average Bonchev–Trinajstić information content (AvgIpc) is 2.93. The minimum absolute atomic E-state index is 0.0951. The van der Waals surface area contributed by atoms with Gasteiger partial charge in [0.1, 0.15) is 0 Å². The Morgan fingerprint density at radius 2 is 2.08 bits per heavy atom. The van der Waals surface area contributed by atoms with Crippen molar-refractivity contribution >= 4 is 22.8 Å². The Bertz CT molecular complexity index is 790. The highest BCUT2D eigenvalue weighted by Gasteiger charge is 2.30. The molecule has 1 aliphatic heterocycles. The number of hydrogen-bond acceptors (Lipinski definition) is 3. The summed E-state index contributed by atoms with van der Waals surface area (Å²) in [6, 6.07) is 9.84. The molecule has 1 N–H and O–H groups in total. The molecule has 0 aliphatic carbocycles. The fraction of sp³-hybridized carbons (Fsp3) is 0.421. The van der Waals surface area contributed by atoms with E-state index in [4.69, 9.17) is 0 Å². The molecule has 0 spiro atoms. The van der Waals surface area contributed by atoms with Crippen LogP contribution < -0.4 is 5.43 Å². The van der Waals surface area contributed by atoms with Gasteiger partial charge in [0.25, 0.3) is 0 Å². The zero-order valence-electron chi connectivity index (χ0n) is 14.8. The van der Waals surface area contributed by atoms with Gasteiger partial charge < -0.3 is 4.90 Å². The van der Waals surface area contributed by atoms with Crippen molar-refractivity contribution in [1.29, 1.82) is 0 Å². The first kappa shape index (κ1) is 17.2. The number of unbranched alkanes of at least 4 members (excludes halogenated alkanes) is 1. The fourth-order valence-electron chi connectivity index (χ4n) is 3.11. The summed E-state index contributed by atoms with van der Waals surface area (Å²) in [7, 11) is 0. The lowest BCUT2D eigenvalue weighted by molar-refractivity contribution is -0.124. The Morgan fingerprint density at radius 3 is 2.88 bits per heavy atom. The van der Waals surface area contributed by atoms with Crippen LogP contribution in [-0.2, 0) is 11.3 Å². The van der Waals surface area contributed by atoms with Crippen LogP contribution in [0, 0.1) is 6.92 Å². The van der Waals surface area contributed by atoms with Gasteiger partial charge in [-0.15, -0.1) is 0 Å². The van der Waals surface area contributed by atoms with Crippen LogP contribution in [0.2, 0.25) is 0 Å². The van der Waals surface area contributed by atoms with E-state index in [-0.39, 0.29) is 11.9 Å². The lowest BCUT2D eigenvalue weighted by atomic mass is 10.1. The fourth-order valence-corrected chi connectivity index (χ4v) is 3.11. The van der Waals surface area contributed by atoms with Gasteiger partial charge in [0.2, 0.25) is 5.91 Å². The molecule has 0 unspecified atom stereocenters. The normalized spacial score (nSPS) is 14.4. The quantitative estimate of drug-likeness (QED) is 0.879. The summed E-state index contributed by atoms with van der Waals surface area (Å²) in [5, 5.41) is 2.49. The molecule has 0 bridgehead atoms. The molecule has 1 aliphatic rings. The molecule has 132 valence electrons. The van der Waals surface area contributed by atoms with E-state index in [1.54, 1.807) is 4.90 Å². The Kier molecular flexibility index (Phi) is 5.16. The van der Waals surface area contributed by atoms with Gasteiger partial charge in [-0.3, -0.25) is 15.2 Å². The number of hydrogen-bond donors (Lipinski definition) is 1. The van der Waals surface area contributed by atoms with Gasteiger partial charge in [0.05, 0.1) is 12.1 Å². The van der Waals surface area contributed by atoms with Crippen molar-refractivity contribution in [2.24, 2.45) is 0 Å². The molecule has 0 atom stereocenters. The number of urea groups is 1. The van der Waals surface area contributed by atoms with E-state index in [1.807, 2.05) is 44.2 Å². The number of hydrazine groups is 1. The third-order valence-corrected chi connectivity index (χ3v) is 4.40. The predicted molar refractivity (Wildman–Crippen MR) is 96.7 cm³/mol. The van der Waals surface area contributed by atoms with Gasteiger partial charge in [-0.2, -0.15) is 0 Å². The van der Waals surface area contributed by atoms with E-state index >= 15 is 0 Å². The smallest absolute Gasteiger partial charge is 0.317 e. The van der Waals surface area contributed by atoms with Gasteiger partial charge in [-0.05, 0) is 31.0 Å². The molecule has 1 aromatic heterocycles. The van der Waals surface area contributed by atoms with Crippen LogP contribution in [0.3, 0.4) is 0 Å². The molecule has 2 heterocycles. The van der Waals surface area contributed by atoms with Crippen LogP contribution in [0.25, 0.3) is 10.9 Å². The van der Waals surface area contributed by atoms with Gasteiger partial charge in [0, 0.05) is 30.6 Å². The number of carbonyl (C=O) groups excluding carboxylic acids is 2. The second kappa shape index (κ2) is 7.51. The summed E-state index contributed by atoms with van der Waals surface area (Å²) < 4.78 is 0. The van der Waals surface area contributed by atoms with Crippen molar-refractivity contribution in [1.82, 2.24) is 20.3 Å². The Morgan fingerprint density at radius 1 is 1.28 bits per heavy atom. The van der Waals surface area contributed by atoms with Gasteiger partial charge in [-0.25, -0.2) is 9.80 Å². The van der Waals surface area contributed by atoms with Crippen LogP contribution in [0.5, 0.6) is 0 Å². The molecule has 1 aromatic carbocycles. The van der Waals surface area contributed by atoms with E-state index in [0.29, 0.717) is 26.1 Å². The summed E-state index contributed by atoms with van der Waals surface area (Å²) in [5.74, 6) is -0.0951. The lowest BCUT2D eigenvalue weighted by Crippen LogP contribution is -2.44. The van der Waals surface area contributed by atoms with Crippen LogP contribution in [0.4, 0.5) is 4.79 Å². The third kappa shape index (κ3) is 3.90. The monoisotopic (exact) mass is 340 g/mol. The maximum absolute atomic E-state index is 12.6. The van der Waals surface area contributed by atoms with Crippen molar-refractivity contribution in [2.75, 3.05) is 13.1 Å². The van der Waals surface area contributed by atoms with E-state index < -0.39 is 0 Å². The summed E-state index contributed by atoms with van der Waals surface area (Å²) in [4.78, 5) is 30.7. The highest BCUT2D eigenvalue weighted by atomic mass is 16.2. The van der Waals surface area contributed by atoms with Crippen LogP contribution in [0.1, 0.15) is 37.4 Å². The van der Waals surface area contributed by atoms with Crippen molar-refractivity contribution in [2.45, 2.75) is 39.7 Å². The molecule has 0 saturated carbocycles. The number of aromatic nitrogens is 1. The number of carbonyl (C=O) groups is 2. The molecule has 6 nitrogen and oxygen atoms in total. The van der Waals surface area contributed by atoms with Crippen molar-refractivity contribution in [3.63, 3.8) is 0 Å². The number of rotatable bonds is 6. The van der Waals surface area contributed by atoms with Crippen molar-refractivity contribution < 1.29 is 9.59 Å². The van der Waals surface area contributed by atoms with Crippen LogP contribution in [0.15, 0.2) is 30.3 Å². The SMILES string of the molecule is CCCCC(=O)NN1CCN(Cc2cc(C)nc3ccccc23)C1=O. The zero-order valence-corrected chi connectivity index (χ0v) is 14.8. The van der Waals surface area contributed by atoms with E-state index in [0.717, 1.165) is 35.0 Å². The Hall–Kier alpha value is -2.63. The second-order valence-corrected chi connectivity index (χ2v) is 6.43. The number of nitrogens with zero attached hydrogens (tertiary/aromatic N) is 3. The van der Waals surface area contributed by atoms with Crippen molar-refractivity contribution in [3.05, 3.63) is 41.6 Å². The lowest BCUT2D eigenvalue weighted by Gasteiger charge is -2.20. The van der Waals surface area contributed by atoms with Crippen LogP contribution >= 0.6 is 0 Å². The molecule has 0 radical (unpaired) electrons. The number of para-hydroxylation sites is 1. The number of fused-ring (bicyclic) bond motifs is 1. The third-order valence-electron chi connectivity index (χ3n) is 4.40. The Labute approximate surface area is 147 Å². The minimum atomic E-state index is -0.150. The number of pyridine rings is 1. The molecule has 2 aromatic rings. The second-order valence-electron chi connectivity index (χ2n) is 6.43. The molecule has 3 rings (SSSR count). The first-order chi connectivity index (χ1) is 12.1. The molecular formula is C19H24N4O2. The predicted octanol–water partition coefficient (Wildman–Crippen LogP) is 3.00. The molecule has 1 saturated heterocycles. The number of amides is 3. The number of benzene rings is 1. The zero-order chi connectivity index (χ0) is 17.8. The van der Waals surface area contributed by atoms with Crippen LogP contribution in [-0.4, -0.2) is 39.9 Å². The number of aryl methyl sites for hydroxylation is 1. The largest absolute Gasteiger partial charge is 0.339 e. The summed E-state index contributed by atoms with van der Waals surface area (Å²) in [6.07, 6.45) is 2.25. The van der Waals surface area contributed by atoms with Gasteiger partial charge >= 0.3 is 6.03 Å². The van der Waals surface area contributed by atoms with E-state index in [1.165, 1.54) is 5.01 Å².